The van der Waals surface area contributed by atoms with E-state index in [-0.39, 0.29) is 12.0 Å². The summed E-state index contributed by atoms with van der Waals surface area (Å²) in [7, 11) is 0. The predicted molar refractivity (Wildman–Crippen MR) is 144 cm³/mol. The van der Waals surface area contributed by atoms with Gasteiger partial charge in [0.15, 0.2) is 0 Å². The van der Waals surface area contributed by atoms with Gasteiger partial charge < -0.3 is 19.5 Å². The maximum absolute atomic E-state index is 11.9. The van der Waals surface area contributed by atoms with Gasteiger partial charge >= 0.3 is 11.9 Å². The van der Waals surface area contributed by atoms with Gasteiger partial charge in [0, 0.05) is 36.0 Å². The monoisotopic (exact) mass is 495 g/mol. The molecule has 0 spiro atoms. The highest BCUT2D eigenvalue weighted by molar-refractivity contribution is 6.07. The van der Waals surface area contributed by atoms with E-state index in [9.17, 15) is 14.7 Å². The van der Waals surface area contributed by atoms with E-state index >= 15 is 0 Å². The molecule has 0 radical (unpaired) electrons. The van der Waals surface area contributed by atoms with Gasteiger partial charge in [-0.05, 0) is 59.7 Å². The SMILES string of the molecule is O=C(O)CCCn1cc(C(=O)O)c2c(/C=C/c3ccc(OCC4Cc5ccccc5C4)cc3)cccc21. The molecule has 0 atom stereocenters. The molecule has 2 N–H and O–H groups in total. The van der Waals surface area contributed by atoms with Crippen molar-refractivity contribution >= 4 is 35.0 Å². The number of hydrogen-bond donors (Lipinski definition) is 2. The second-order valence-electron chi connectivity index (χ2n) is 9.54. The van der Waals surface area contributed by atoms with Gasteiger partial charge in [0.1, 0.15) is 5.75 Å². The Morgan fingerprint density at radius 3 is 2.32 bits per heavy atom. The fourth-order valence-electron chi connectivity index (χ4n) is 5.11. The summed E-state index contributed by atoms with van der Waals surface area (Å²) < 4.78 is 7.89. The van der Waals surface area contributed by atoms with E-state index in [1.54, 1.807) is 6.20 Å². The molecule has 6 nitrogen and oxygen atoms in total. The molecule has 37 heavy (non-hydrogen) atoms. The Morgan fingerprint density at radius 1 is 0.919 bits per heavy atom. The number of ether oxygens (including phenoxy) is 1. The van der Waals surface area contributed by atoms with E-state index in [1.165, 1.54) is 11.1 Å². The molecule has 1 aliphatic carbocycles. The van der Waals surface area contributed by atoms with Gasteiger partial charge in [-0.15, -0.1) is 0 Å². The van der Waals surface area contributed by atoms with Crippen LogP contribution >= 0.6 is 0 Å². The van der Waals surface area contributed by atoms with Crippen molar-refractivity contribution in [3.8, 4) is 5.75 Å². The summed E-state index contributed by atoms with van der Waals surface area (Å²) in [5.41, 5.74) is 5.62. The number of carbonyl (C=O) groups is 2. The average Bonchev–Trinajstić information content (AvgIpc) is 3.48. The number of aliphatic carboxylic acids is 1. The molecule has 5 rings (SSSR count). The van der Waals surface area contributed by atoms with Crippen LogP contribution in [-0.2, 0) is 24.2 Å². The second kappa shape index (κ2) is 10.7. The molecule has 1 aliphatic rings. The van der Waals surface area contributed by atoms with Crippen LogP contribution in [0.1, 0.15) is 45.5 Å². The van der Waals surface area contributed by atoms with Crippen LogP contribution in [0, 0.1) is 5.92 Å². The smallest absolute Gasteiger partial charge is 0.337 e. The molecule has 3 aromatic carbocycles. The summed E-state index contributed by atoms with van der Waals surface area (Å²) in [6.07, 6.45) is 8.06. The Labute approximate surface area is 215 Å². The Kier molecular flexibility index (Phi) is 7.08. The number of rotatable bonds is 10. The Bertz CT molecular complexity index is 1440. The zero-order chi connectivity index (χ0) is 25.8. The van der Waals surface area contributed by atoms with Gasteiger partial charge in [-0.3, -0.25) is 4.79 Å². The molecule has 0 fully saturated rings. The van der Waals surface area contributed by atoms with Crippen LogP contribution in [0.2, 0.25) is 0 Å². The third-order valence-corrected chi connectivity index (χ3v) is 6.92. The highest BCUT2D eigenvalue weighted by Gasteiger charge is 2.21. The van der Waals surface area contributed by atoms with Gasteiger partial charge in [0.05, 0.1) is 12.2 Å². The Balaban J connectivity index is 1.27. The lowest BCUT2D eigenvalue weighted by Gasteiger charge is -2.11. The van der Waals surface area contributed by atoms with Crippen molar-refractivity contribution in [3.63, 3.8) is 0 Å². The summed E-state index contributed by atoms with van der Waals surface area (Å²) in [5, 5.41) is 19.4. The fraction of sp³-hybridized carbons (Fsp3) is 0.226. The molecule has 6 heteroatoms. The van der Waals surface area contributed by atoms with E-state index in [0.29, 0.717) is 30.9 Å². The molecular weight excluding hydrogens is 466 g/mol. The van der Waals surface area contributed by atoms with E-state index in [1.807, 2.05) is 59.2 Å². The highest BCUT2D eigenvalue weighted by Crippen LogP contribution is 2.29. The summed E-state index contributed by atoms with van der Waals surface area (Å²) in [5.74, 6) is -0.534. The number of hydrogen-bond acceptors (Lipinski definition) is 3. The van der Waals surface area contributed by atoms with E-state index in [4.69, 9.17) is 9.84 Å². The molecule has 1 aromatic heterocycles. The predicted octanol–water partition coefficient (Wildman–Crippen LogP) is 6.17. The van der Waals surface area contributed by atoms with Crippen molar-refractivity contribution < 1.29 is 24.5 Å². The summed E-state index contributed by atoms with van der Waals surface area (Å²) in [6, 6.07) is 22.1. The lowest BCUT2D eigenvalue weighted by molar-refractivity contribution is -0.137. The number of aromatic nitrogens is 1. The van der Waals surface area contributed by atoms with E-state index < -0.39 is 11.9 Å². The van der Waals surface area contributed by atoms with E-state index in [0.717, 1.165) is 35.2 Å². The third-order valence-electron chi connectivity index (χ3n) is 6.92. The van der Waals surface area contributed by atoms with Crippen LogP contribution in [-0.4, -0.2) is 33.3 Å². The summed E-state index contributed by atoms with van der Waals surface area (Å²) in [4.78, 5) is 22.8. The lowest BCUT2D eigenvalue weighted by Crippen LogP contribution is -2.11. The number of aryl methyl sites for hydroxylation is 1. The maximum atomic E-state index is 11.9. The number of fused-ring (bicyclic) bond motifs is 2. The number of carboxylic acids is 2. The topological polar surface area (TPSA) is 88.8 Å². The normalized spacial score (nSPS) is 13.3. The molecule has 0 saturated heterocycles. The van der Waals surface area contributed by atoms with Gasteiger partial charge in [-0.25, -0.2) is 4.79 Å². The van der Waals surface area contributed by atoms with Gasteiger partial charge in [0.2, 0.25) is 0 Å². The molecule has 0 amide bonds. The largest absolute Gasteiger partial charge is 0.493 e. The minimum atomic E-state index is -1.00. The zero-order valence-corrected chi connectivity index (χ0v) is 20.5. The standard InChI is InChI=1S/C31H29NO5/c33-29(34)9-4-16-32-19-27(31(35)36)30-23(7-3-8-28(30)32)13-10-21-11-14-26(15-12-21)37-20-22-17-24-5-1-2-6-25(24)18-22/h1-3,5-8,10-15,19,22H,4,9,16-18,20H2,(H,33,34)(H,35,36)/b13-10+. The first-order valence-corrected chi connectivity index (χ1v) is 12.5. The second-order valence-corrected chi connectivity index (χ2v) is 9.54. The number of nitrogens with zero attached hydrogens (tertiary/aromatic N) is 1. The third kappa shape index (κ3) is 5.59. The Hall–Kier alpha value is -4.32. The summed E-state index contributed by atoms with van der Waals surface area (Å²) in [6.45, 7) is 1.13. The molecule has 0 unspecified atom stereocenters. The first kappa shape index (κ1) is 24.4. The number of benzene rings is 3. The first-order valence-electron chi connectivity index (χ1n) is 12.5. The maximum Gasteiger partial charge on any atom is 0.337 e. The summed E-state index contributed by atoms with van der Waals surface area (Å²) >= 11 is 0. The van der Waals surface area contributed by atoms with Crippen LogP contribution in [0.25, 0.3) is 23.1 Å². The van der Waals surface area contributed by atoms with Crippen LogP contribution in [0.15, 0.2) is 72.9 Å². The van der Waals surface area contributed by atoms with Crippen molar-refractivity contribution in [3.05, 3.63) is 101 Å². The van der Waals surface area contributed by atoms with Gasteiger partial charge in [-0.2, -0.15) is 0 Å². The van der Waals surface area contributed by atoms with Crippen LogP contribution in [0.5, 0.6) is 5.75 Å². The molecule has 4 aromatic rings. The van der Waals surface area contributed by atoms with Crippen LogP contribution < -0.4 is 4.74 Å². The first-order chi connectivity index (χ1) is 18.0. The fourth-order valence-corrected chi connectivity index (χ4v) is 5.11. The highest BCUT2D eigenvalue weighted by atomic mass is 16.5. The van der Waals surface area contributed by atoms with Crippen molar-refractivity contribution in [2.75, 3.05) is 6.61 Å². The molecule has 188 valence electrons. The molecule has 0 bridgehead atoms. The minimum Gasteiger partial charge on any atom is -0.493 e. The number of carboxylic acid groups (broad SMARTS) is 2. The van der Waals surface area contributed by atoms with Crippen molar-refractivity contribution in [2.45, 2.75) is 32.2 Å². The Morgan fingerprint density at radius 2 is 1.65 bits per heavy atom. The molecular formula is C31H29NO5. The van der Waals surface area contributed by atoms with Crippen molar-refractivity contribution in [2.24, 2.45) is 5.92 Å². The molecule has 0 saturated carbocycles. The van der Waals surface area contributed by atoms with Gasteiger partial charge in [0.25, 0.3) is 0 Å². The van der Waals surface area contributed by atoms with Gasteiger partial charge in [-0.1, -0.05) is 60.7 Å². The lowest BCUT2D eigenvalue weighted by atomic mass is 10.0. The van der Waals surface area contributed by atoms with Crippen LogP contribution in [0.4, 0.5) is 0 Å². The van der Waals surface area contributed by atoms with Crippen molar-refractivity contribution in [1.29, 1.82) is 0 Å². The quantitative estimate of drug-likeness (QED) is 0.257. The van der Waals surface area contributed by atoms with Crippen molar-refractivity contribution in [1.82, 2.24) is 4.57 Å². The van der Waals surface area contributed by atoms with Crippen LogP contribution in [0.3, 0.4) is 0 Å². The average molecular weight is 496 g/mol. The number of aromatic carboxylic acids is 1. The molecule has 0 aliphatic heterocycles. The zero-order valence-electron chi connectivity index (χ0n) is 20.5. The molecule has 1 heterocycles. The van der Waals surface area contributed by atoms with E-state index in [2.05, 4.69) is 24.3 Å². The minimum absolute atomic E-state index is 0.0374.